The van der Waals surface area contributed by atoms with Crippen LogP contribution in [0.2, 0.25) is 0 Å². The molecule has 0 atom stereocenters. The Hall–Kier alpha value is -1.77. The van der Waals surface area contributed by atoms with Gasteiger partial charge in [-0.25, -0.2) is 8.78 Å². The lowest BCUT2D eigenvalue weighted by atomic mass is 10.3. The van der Waals surface area contributed by atoms with E-state index >= 15 is 0 Å². The number of carbonyl (C=O) groups is 3. The number of likely N-dealkylation sites (N-methyl/N-ethyl adjacent to an activating group) is 1. The summed E-state index contributed by atoms with van der Waals surface area (Å²) in [5.41, 5.74) is 4.83. The number of hydrogen-bond acceptors (Lipinski definition) is 4. The van der Waals surface area contributed by atoms with E-state index in [0.717, 1.165) is 4.90 Å². The zero-order valence-electron chi connectivity index (χ0n) is 11.2. The van der Waals surface area contributed by atoms with Crippen LogP contribution in [0.1, 0.15) is 6.92 Å². The molecule has 0 aromatic rings. The van der Waals surface area contributed by atoms with Crippen LogP contribution in [0.15, 0.2) is 0 Å². The fourth-order valence-corrected chi connectivity index (χ4v) is 1.70. The summed E-state index contributed by atoms with van der Waals surface area (Å²) in [7, 11) is 0. The number of alkyl halides is 2. The summed E-state index contributed by atoms with van der Waals surface area (Å²) in [5.74, 6) is -5.40. The van der Waals surface area contributed by atoms with Gasteiger partial charge in [0.05, 0.1) is 13.1 Å². The Bertz CT molecular complexity index is 403. The third-order valence-corrected chi connectivity index (χ3v) is 2.96. The molecular weight excluding hydrogens is 274 g/mol. The number of rotatable bonds is 6. The summed E-state index contributed by atoms with van der Waals surface area (Å²) >= 11 is 0. The predicted molar refractivity (Wildman–Crippen MR) is 65.8 cm³/mol. The minimum Gasteiger partial charge on any atom is -0.348 e. The van der Waals surface area contributed by atoms with Crippen LogP contribution in [0.4, 0.5) is 8.78 Å². The first kappa shape index (κ1) is 16.3. The summed E-state index contributed by atoms with van der Waals surface area (Å²) in [6.45, 7) is 0.504. The van der Waals surface area contributed by atoms with Crippen molar-refractivity contribution in [3.63, 3.8) is 0 Å². The van der Waals surface area contributed by atoms with Crippen molar-refractivity contribution < 1.29 is 23.2 Å². The van der Waals surface area contributed by atoms with Gasteiger partial charge in [0.1, 0.15) is 6.54 Å². The lowest BCUT2D eigenvalue weighted by Gasteiger charge is -2.32. The monoisotopic (exact) mass is 292 g/mol. The smallest absolute Gasteiger partial charge is 0.312 e. The van der Waals surface area contributed by atoms with Crippen LogP contribution < -0.4 is 11.1 Å². The third-order valence-electron chi connectivity index (χ3n) is 2.96. The van der Waals surface area contributed by atoms with Crippen LogP contribution in [0.5, 0.6) is 0 Å². The highest BCUT2D eigenvalue weighted by atomic mass is 19.3. The zero-order chi connectivity index (χ0) is 15.3. The highest BCUT2D eigenvalue weighted by Crippen LogP contribution is 2.09. The van der Waals surface area contributed by atoms with E-state index < -0.39 is 43.3 Å². The standard InChI is InChI=1S/C11H18F2N4O3/c1-2-16-3-4-17(10(20)9(16)19)5-8(18)15-7-11(12,13)6-14/h2-7,14H2,1H3,(H,15,18). The second kappa shape index (κ2) is 6.60. The average Bonchev–Trinajstić information content (AvgIpc) is 2.42. The molecule has 0 aromatic heterocycles. The number of nitrogens with zero attached hydrogens (tertiary/aromatic N) is 2. The molecule has 1 rings (SSSR count). The molecule has 0 unspecified atom stereocenters. The lowest BCUT2D eigenvalue weighted by Crippen LogP contribution is -2.56. The number of nitrogens with two attached hydrogens (primary N) is 1. The maximum atomic E-state index is 12.8. The van der Waals surface area contributed by atoms with Crippen LogP contribution in [-0.2, 0) is 14.4 Å². The second-order valence-electron chi connectivity index (χ2n) is 4.45. The van der Waals surface area contributed by atoms with Crippen LogP contribution in [0.25, 0.3) is 0 Å². The Balaban J connectivity index is 2.47. The number of amides is 3. The van der Waals surface area contributed by atoms with Crippen LogP contribution in [0.3, 0.4) is 0 Å². The average molecular weight is 292 g/mol. The van der Waals surface area contributed by atoms with Crippen molar-refractivity contribution in [2.24, 2.45) is 5.73 Å². The summed E-state index contributed by atoms with van der Waals surface area (Å²) in [4.78, 5) is 37.1. The van der Waals surface area contributed by atoms with Crippen molar-refractivity contribution in [3.8, 4) is 0 Å². The number of carbonyl (C=O) groups excluding carboxylic acids is 3. The molecule has 3 N–H and O–H groups in total. The molecule has 1 aliphatic heterocycles. The first-order valence-corrected chi connectivity index (χ1v) is 6.23. The fourth-order valence-electron chi connectivity index (χ4n) is 1.70. The topological polar surface area (TPSA) is 95.7 Å². The van der Waals surface area contributed by atoms with Crippen molar-refractivity contribution in [1.29, 1.82) is 0 Å². The van der Waals surface area contributed by atoms with Gasteiger partial charge in [-0.2, -0.15) is 0 Å². The maximum Gasteiger partial charge on any atom is 0.312 e. The van der Waals surface area contributed by atoms with Gasteiger partial charge in [0.2, 0.25) is 5.91 Å². The van der Waals surface area contributed by atoms with Crippen LogP contribution >= 0.6 is 0 Å². The van der Waals surface area contributed by atoms with Gasteiger partial charge in [0.15, 0.2) is 0 Å². The van der Waals surface area contributed by atoms with Crippen molar-refractivity contribution >= 4 is 17.7 Å². The number of hydrogen-bond donors (Lipinski definition) is 2. The number of halogens is 2. The summed E-state index contributed by atoms with van der Waals surface area (Å²) in [5, 5.41) is 1.99. The quantitative estimate of drug-likeness (QED) is 0.576. The molecule has 9 heteroatoms. The molecular formula is C11H18F2N4O3. The highest BCUT2D eigenvalue weighted by Gasteiger charge is 2.33. The Morgan fingerprint density at radius 2 is 1.85 bits per heavy atom. The number of piperazine rings is 1. The first-order chi connectivity index (χ1) is 9.30. The Kier molecular flexibility index (Phi) is 5.37. The van der Waals surface area contributed by atoms with Crippen molar-refractivity contribution in [2.45, 2.75) is 12.8 Å². The van der Waals surface area contributed by atoms with E-state index in [4.69, 9.17) is 5.73 Å². The van der Waals surface area contributed by atoms with Gasteiger partial charge in [0, 0.05) is 19.6 Å². The van der Waals surface area contributed by atoms with Crippen molar-refractivity contribution in [1.82, 2.24) is 15.1 Å². The zero-order valence-corrected chi connectivity index (χ0v) is 11.2. The molecule has 1 heterocycles. The van der Waals surface area contributed by atoms with E-state index in [1.54, 1.807) is 6.92 Å². The van der Waals surface area contributed by atoms with E-state index in [0.29, 0.717) is 13.1 Å². The molecule has 20 heavy (non-hydrogen) atoms. The second-order valence-corrected chi connectivity index (χ2v) is 4.45. The van der Waals surface area contributed by atoms with E-state index in [2.05, 4.69) is 0 Å². The molecule has 114 valence electrons. The fraction of sp³-hybridized carbons (Fsp3) is 0.727. The van der Waals surface area contributed by atoms with Gasteiger partial charge >= 0.3 is 11.8 Å². The van der Waals surface area contributed by atoms with Gasteiger partial charge in [-0.3, -0.25) is 14.4 Å². The Morgan fingerprint density at radius 3 is 2.40 bits per heavy atom. The van der Waals surface area contributed by atoms with Crippen molar-refractivity contribution in [3.05, 3.63) is 0 Å². The molecule has 1 aliphatic rings. The number of nitrogens with one attached hydrogen (secondary N) is 1. The molecule has 0 bridgehead atoms. The molecule has 1 saturated heterocycles. The molecule has 0 radical (unpaired) electrons. The van der Waals surface area contributed by atoms with Gasteiger partial charge < -0.3 is 20.9 Å². The van der Waals surface area contributed by atoms with E-state index in [1.165, 1.54) is 4.90 Å². The van der Waals surface area contributed by atoms with Gasteiger partial charge in [-0.1, -0.05) is 0 Å². The Labute approximate surface area is 115 Å². The predicted octanol–water partition coefficient (Wildman–Crippen LogP) is -1.61. The summed E-state index contributed by atoms with van der Waals surface area (Å²) in [6.07, 6.45) is 0. The summed E-state index contributed by atoms with van der Waals surface area (Å²) in [6, 6.07) is 0. The van der Waals surface area contributed by atoms with Gasteiger partial charge in [0.25, 0.3) is 5.92 Å². The van der Waals surface area contributed by atoms with Gasteiger partial charge in [-0.15, -0.1) is 0 Å². The minimum absolute atomic E-state index is 0.207. The normalized spacial score (nSPS) is 16.6. The van der Waals surface area contributed by atoms with Crippen LogP contribution in [-0.4, -0.2) is 72.7 Å². The van der Waals surface area contributed by atoms with E-state index in [1.807, 2.05) is 5.32 Å². The third kappa shape index (κ3) is 4.12. The molecule has 0 saturated carbocycles. The highest BCUT2D eigenvalue weighted by molar-refractivity contribution is 6.35. The van der Waals surface area contributed by atoms with Crippen LogP contribution in [0, 0.1) is 0 Å². The largest absolute Gasteiger partial charge is 0.348 e. The van der Waals surface area contributed by atoms with Crippen molar-refractivity contribution in [2.75, 3.05) is 39.3 Å². The molecule has 7 nitrogen and oxygen atoms in total. The minimum atomic E-state index is -3.18. The molecule has 0 spiro atoms. The van der Waals surface area contributed by atoms with E-state index in [9.17, 15) is 23.2 Å². The molecule has 0 aliphatic carbocycles. The molecule has 1 fully saturated rings. The molecule has 3 amide bonds. The Morgan fingerprint density at radius 1 is 1.30 bits per heavy atom. The first-order valence-electron chi connectivity index (χ1n) is 6.23. The summed E-state index contributed by atoms with van der Waals surface area (Å²) < 4.78 is 25.7. The maximum absolute atomic E-state index is 12.8. The van der Waals surface area contributed by atoms with E-state index in [-0.39, 0.29) is 6.54 Å². The lowest BCUT2D eigenvalue weighted by molar-refractivity contribution is -0.156. The SMILES string of the molecule is CCN1CCN(CC(=O)NCC(F)(F)CN)C(=O)C1=O. The molecule has 0 aromatic carbocycles. The van der Waals surface area contributed by atoms with Gasteiger partial charge in [-0.05, 0) is 6.92 Å².